The Hall–Kier alpha value is -1.33. The standard InChI is InChI=1S/C15H21N3OS/c1-10-3-2-6-15(19,7-10)8-17-11-4-5-12-14(13(11)16)18-9-20-12/h4-5,9-10,17,19H,2-3,6-8,16H2,1H3. The molecule has 1 aromatic carbocycles. The van der Waals surface area contributed by atoms with Crippen LogP contribution in [0, 0.1) is 5.92 Å². The third kappa shape index (κ3) is 2.60. The van der Waals surface area contributed by atoms with Crippen molar-refractivity contribution in [2.75, 3.05) is 17.6 Å². The molecule has 4 N–H and O–H groups in total. The molecule has 0 spiro atoms. The van der Waals surface area contributed by atoms with Crippen molar-refractivity contribution >= 4 is 32.9 Å². The lowest BCUT2D eigenvalue weighted by molar-refractivity contribution is -0.000746. The lowest BCUT2D eigenvalue weighted by Gasteiger charge is -2.36. The first kappa shape index (κ1) is 13.6. The fourth-order valence-corrected chi connectivity index (χ4v) is 3.85. The van der Waals surface area contributed by atoms with E-state index in [0.29, 0.717) is 18.2 Å². The van der Waals surface area contributed by atoms with Gasteiger partial charge in [-0.25, -0.2) is 4.98 Å². The topological polar surface area (TPSA) is 71.2 Å². The van der Waals surface area contributed by atoms with Crippen molar-refractivity contribution in [3.8, 4) is 0 Å². The van der Waals surface area contributed by atoms with Crippen LogP contribution in [0.15, 0.2) is 17.6 Å². The van der Waals surface area contributed by atoms with Crippen molar-refractivity contribution in [3.05, 3.63) is 17.6 Å². The minimum atomic E-state index is -0.610. The number of rotatable bonds is 3. The molecule has 20 heavy (non-hydrogen) atoms. The molecule has 0 saturated heterocycles. The second-order valence-corrected chi connectivity index (χ2v) is 6.89. The molecule has 108 valence electrons. The smallest absolute Gasteiger partial charge is 0.106 e. The average molecular weight is 291 g/mol. The molecule has 1 heterocycles. The van der Waals surface area contributed by atoms with Gasteiger partial charge in [0, 0.05) is 6.54 Å². The highest BCUT2D eigenvalue weighted by Gasteiger charge is 2.32. The minimum absolute atomic E-state index is 0.553. The summed E-state index contributed by atoms with van der Waals surface area (Å²) in [6.07, 6.45) is 4.04. The number of anilines is 2. The van der Waals surface area contributed by atoms with Crippen LogP contribution >= 0.6 is 11.3 Å². The SMILES string of the molecule is CC1CCCC(O)(CNc2ccc3scnc3c2N)C1. The molecule has 0 bridgehead atoms. The Bertz CT molecular complexity index is 612. The number of hydrogen-bond donors (Lipinski definition) is 3. The number of benzene rings is 1. The third-order valence-corrected chi connectivity index (χ3v) is 5.01. The summed E-state index contributed by atoms with van der Waals surface area (Å²) in [7, 11) is 0. The van der Waals surface area contributed by atoms with Crippen molar-refractivity contribution in [1.82, 2.24) is 4.98 Å². The van der Waals surface area contributed by atoms with E-state index in [1.807, 2.05) is 12.1 Å². The molecule has 4 nitrogen and oxygen atoms in total. The molecule has 5 heteroatoms. The van der Waals surface area contributed by atoms with Crippen molar-refractivity contribution in [1.29, 1.82) is 0 Å². The van der Waals surface area contributed by atoms with E-state index in [2.05, 4.69) is 17.2 Å². The highest BCUT2D eigenvalue weighted by Crippen LogP contribution is 2.34. The van der Waals surface area contributed by atoms with Crippen molar-refractivity contribution in [2.45, 2.75) is 38.2 Å². The van der Waals surface area contributed by atoms with Gasteiger partial charge in [-0.3, -0.25) is 0 Å². The highest BCUT2D eigenvalue weighted by atomic mass is 32.1. The van der Waals surface area contributed by atoms with Crippen molar-refractivity contribution < 1.29 is 5.11 Å². The fraction of sp³-hybridized carbons (Fsp3) is 0.533. The number of nitrogens with two attached hydrogens (primary N) is 1. The van der Waals surface area contributed by atoms with E-state index in [1.54, 1.807) is 16.8 Å². The summed E-state index contributed by atoms with van der Waals surface area (Å²) < 4.78 is 1.10. The molecule has 2 atom stereocenters. The Balaban J connectivity index is 1.74. The van der Waals surface area contributed by atoms with Gasteiger partial charge in [-0.15, -0.1) is 11.3 Å². The van der Waals surface area contributed by atoms with Gasteiger partial charge in [0.05, 0.1) is 27.2 Å². The summed E-state index contributed by atoms with van der Waals surface area (Å²) in [5.74, 6) is 0.592. The van der Waals surface area contributed by atoms with Crippen LogP contribution < -0.4 is 11.1 Å². The fourth-order valence-electron chi connectivity index (χ4n) is 3.16. The van der Waals surface area contributed by atoms with Crippen LogP contribution in [-0.4, -0.2) is 22.2 Å². The maximum atomic E-state index is 10.7. The first-order valence-electron chi connectivity index (χ1n) is 7.15. The van der Waals surface area contributed by atoms with Gasteiger partial charge in [-0.05, 0) is 30.9 Å². The monoisotopic (exact) mass is 291 g/mol. The Labute approximate surface area is 123 Å². The van der Waals surface area contributed by atoms with E-state index in [-0.39, 0.29) is 0 Å². The first-order chi connectivity index (χ1) is 9.57. The van der Waals surface area contributed by atoms with Crippen LogP contribution in [0.2, 0.25) is 0 Å². The lowest BCUT2D eigenvalue weighted by atomic mass is 9.79. The predicted molar refractivity (Wildman–Crippen MR) is 85.1 cm³/mol. The van der Waals surface area contributed by atoms with Crippen LogP contribution in [0.4, 0.5) is 11.4 Å². The summed E-state index contributed by atoms with van der Waals surface area (Å²) >= 11 is 1.59. The quantitative estimate of drug-likeness (QED) is 0.759. The largest absolute Gasteiger partial charge is 0.395 e. The van der Waals surface area contributed by atoms with Crippen LogP contribution in [0.25, 0.3) is 10.2 Å². The molecule has 2 aromatic rings. The van der Waals surface area contributed by atoms with E-state index in [4.69, 9.17) is 5.73 Å². The molecule has 0 amide bonds. The average Bonchev–Trinajstić information content (AvgIpc) is 2.87. The molecule has 1 aliphatic carbocycles. The first-order valence-corrected chi connectivity index (χ1v) is 8.03. The number of nitrogen functional groups attached to an aromatic ring is 1. The summed E-state index contributed by atoms with van der Waals surface area (Å²) in [6, 6.07) is 4.00. The van der Waals surface area contributed by atoms with Gasteiger partial charge in [0.15, 0.2) is 0 Å². The summed E-state index contributed by atoms with van der Waals surface area (Å²) in [4.78, 5) is 4.29. The number of fused-ring (bicyclic) bond motifs is 1. The van der Waals surface area contributed by atoms with Gasteiger partial charge in [0.2, 0.25) is 0 Å². The number of aliphatic hydroxyl groups is 1. The van der Waals surface area contributed by atoms with Gasteiger partial charge in [-0.2, -0.15) is 0 Å². The van der Waals surface area contributed by atoms with Crippen molar-refractivity contribution in [2.24, 2.45) is 5.92 Å². The molecular weight excluding hydrogens is 270 g/mol. The molecular formula is C15H21N3OS. The maximum absolute atomic E-state index is 10.7. The number of thiazole rings is 1. The van der Waals surface area contributed by atoms with E-state index < -0.39 is 5.60 Å². The summed E-state index contributed by atoms with van der Waals surface area (Å²) in [5.41, 5.74) is 9.74. The molecule has 1 aromatic heterocycles. The van der Waals surface area contributed by atoms with Crippen LogP contribution in [-0.2, 0) is 0 Å². The highest BCUT2D eigenvalue weighted by molar-refractivity contribution is 7.16. The zero-order valence-corrected chi connectivity index (χ0v) is 12.5. The molecule has 1 aliphatic rings. The van der Waals surface area contributed by atoms with Crippen LogP contribution in [0.5, 0.6) is 0 Å². The second kappa shape index (κ2) is 5.22. The Morgan fingerprint density at radius 3 is 3.20 bits per heavy atom. The van der Waals surface area contributed by atoms with Gasteiger partial charge >= 0.3 is 0 Å². The van der Waals surface area contributed by atoms with E-state index in [9.17, 15) is 5.11 Å². The second-order valence-electron chi connectivity index (χ2n) is 6.01. The number of nitrogens with zero attached hydrogens (tertiary/aromatic N) is 1. The zero-order chi connectivity index (χ0) is 14.2. The van der Waals surface area contributed by atoms with Gasteiger partial charge < -0.3 is 16.2 Å². The molecule has 0 aliphatic heterocycles. The summed E-state index contributed by atoms with van der Waals surface area (Å²) in [5, 5.41) is 14.0. The number of aromatic nitrogens is 1. The zero-order valence-electron chi connectivity index (χ0n) is 11.7. The van der Waals surface area contributed by atoms with Gasteiger partial charge in [0.1, 0.15) is 5.52 Å². The maximum Gasteiger partial charge on any atom is 0.106 e. The van der Waals surface area contributed by atoms with Gasteiger partial charge in [-0.1, -0.05) is 19.8 Å². The lowest BCUT2D eigenvalue weighted by Crippen LogP contribution is -2.41. The number of nitrogens with one attached hydrogen (secondary N) is 1. The molecule has 3 rings (SSSR count). The third-order valence-electron chi connectivity index (χ3n) is 4.22. The summed E-state index contributed by atoms with van der Waals surface area (Å²) in [6.45, 7) is 2.76. The number of hydrogen-bond acceptors (Lipinski definition) is 5. The van der Waals surface area contributed by atoms with E-state index >= 15 is 0 Å². The Morgan fingerprint density at radius 1 is 1.55 bits per heavy atom. The van der Waals surface area contributed by atoms with Crippen LogP contribution in [0.1, 0.15) is 32.6 Å². The van der Waals surface area contributed by atoms with E-state index in [0.717, 1.165) is 35.2 Å². The molecule has 1 saturated carbocycles. The molecule has 1 fully saturated rings. The van der Waals surface area contributed by atoms with E-state index in [1.165, 1.54) is 6.42 Å². The normalized spacial score (nSPS) is 26.8. The predicted octanol–water partition coefficient (Wildman–Crippen LogP) is 3.23. The Kier molecular flexibility index (Phi) is 3.56. The Morgan fingerprint density at radius 2 is 2.40 bits per heavy atom. The molecule has 2 unspecified atom stereocenters. The van der Waals surface area contributed by atoms with Gasteiger partial charge in [0.25, 0.3) is 0 Å². The molecule has 0 radical (unpaired) electrons. The van der Waals surface area contributed by atoms with Crippen LogP contribution in [0.3, 0.4) is 0 Å². The van der Waals surface area contributed by atoms with Crippen molar-refractivity contribution in [3.63, 3.8) is 0 Å². The minimum Gasteiger partial charge on any atom is -0.395 e.